The van der Waals surface area contributed by atoms with Gasteiger partial charge in [-0.1, -0.05) is 59.3 Å². The van der Waals surface area contributed by atoms with Crippen LogP contribution in [-0.4, -0.2) is 58.0 Å². The molecule has 1 aliphatic heterocycles. The molecular formula is C26H31N5O3. The summed E-state index contributed by atoms with van der Waals surface area (Å²) in [6.45, 7) is 6.05. The largest absolute Gasteiger partial charge is 0.464 e. The Bertz CT molecular complexity index is 1140. The number of hydrogen-bond donors (Lipinski definition) is 1. The minimum atomic E-state index is -0.522. The zero-order chi connectivity index (χ0) is 24.1. The Morgan fingerprint density at radius 1 is 1.15 bits per heavy atom. The van der Waals surface area contributed by atoms with E-state index in [1.807, 2.05) is 18.2 Å². The van der Waals surface area contributed by atoms with Gasteiger partial charge in [-0.25, -0.2) is 9.48 Å². The Hall–Kier alpha value is -3.52. The highest BCUT2D eigenvalue weighted by Crippen LogP contribution is 2.29. The first-order valence-electron chi connectivity index (χ1n) is 11.6. The van der Waals surface area contributed by atoms with Gasteiger partial charge in [0, 0.05) is 19.6 Å². The summed E-state index contributed by atoms with van der Waals surface area (Å²) in [7, 11) is 1.32. The van der Waals surface area contributed by atoms with Crippen LogP contribution < -0.4 is 5.32 Å². The molecule has 0 aliphatic carbocycles. The summed E-state index contributed by atoms with van der Waals surface area (Å²) >= 11 is 0. The number of ether oxygens (including phenoxy) is 1. The fourth-order valence-electron chi connectivity index (χ4n) is 4.45. The van der Waals surface area contributed by atoms with Gasteiger partial charge in [0.2, 0.25) is 5.91 Å². The van der Waals surface area contributed by atoms with Gasteiger partial charge in [0.25, 0.3) is 0 Å². The molecule has 0 unspecified atom stereocenters. The molecule has 0 radical (unpaired) electrons. The second kappa shape index (κ2) is 10.6. The molecule has 2 aromatic carbocycles. The number of nitrogens with one attached hydrogen (secondary N) is 1. The number of benzene rings is 2. The van der Waals surface area contributed by atoms with E-state index in [9.17, 15) is 9.59 Å². The van der Waals surface area contributed by atoms with E-state index >= 15 is 0 Å². The maximum Gasteiger partial charge on any atom is 0.360 e. The molecule has 2 atom stereocenters. The molecule has 1 N–H and O–H groups in total. The molecule has 8 nitrogen and oxygen atoms in total. The van der Waals surface area contributed by atoms with Crippen LogP contribution in [0, 0.1) is 13.8 Å². The SMILES string of the molecule is COC(=O)c1cn([C@H]2C[C@@H](C(=O)NCCc3ccccc3)N(Cc3cc(C)ccc3C)C2)nn1. The summed E-state index contributed by atoms with van der Waals surface area (Å²) in [5.41, 5.74) is 4.96. The number of carbonyl (C=O) groups is 2. The highest BCUT2D eigenvalue weighted by molar-refractivity contribution is 5.86. The molecule has 1 aliphatic rings. The van der Waals surface area contributed by atoms with E-state index < -0.39 is 5.97 Å². The topological polar surface area (TPSA) is 89.4 Å². The maximum absolute atomic E-state index is 13.3. The fraction of sp³-hybridized carbons (Fsp3) is 0.385. The monoisotopic (exact) mass is 461 g/mol. The van der Waals surface area contributed by atoms with E-state index in [1.54, 1.807) is 10.9 Å². The van der Waals surface area contributed by atoms with Gasteiger partial charge in [-0.2, -0.15) is 0 Å². The number of aromatic nitrogens is 3. The standard InChI is InChI=1S/C26H31N5O3/c1-18-9-10-19(2)21(13-18)15-30-16-22(31-17-23(28-29-31)26(33)34-3)14-24(30)25(32)27-12-11-20-7-5-4-6-8-20/h4-10,13,17,22,24H,11-12,14-16H2,1-3H3,(H,27,32)/t22-,24-/m0/s1. The van der Waals surface area contributed by atoms with Crippen molar-refractivity contribution in [3.05, 3.63) is 82.7 Å². The number of carbonyl (C=O) groups excluding carboxylic acids is 2. The van der Waals surface area contributed by atoms with Gasteiger partial charge in [-0.3, -0.25) is 9.69 Å². The van der Waals surface area contributed by atoms with Gasteiger partial charge in [-0.15, -0.1) is 5.10 Å². The van der Waals surface area contributed by atoms with Crippen molar-refractivity contribution < 1.29 is 14.3 Å². The second-order valence-corrected chi connectivity index (χ2v) is 8.87. The summed E-state index contributed by atoms with van der Waals surface area (Å²) in [4.78, 5) is 27.3. The van der Waals surface area contributed by atoms with Crippen molar-refractivity contribution in [3.63, 3.8) is 0 Å². The molecule has 0 spiro atoms. The van der Waals surface area contributed by atoms with Gasteiger partial charge in [0.1, 0.15) is 0 Å². The summed E-state index contributed by atoms with van der Waals surface area (Å²) in [5.74, 6) is -0.510. The van der Waals surface area contributed by atoms with Gasteiger partial charge in [0.05, 0.1) is 25.4 Å². The zero-order valence-corrected chi connectivity index (χ0v) is 19.9. The average molecular weight is 462 g/mol. The Labute approximate surface area is 199 Å². The van der Waals surface area contributed by atoms with Crippen LogP contribution in [0.4, 0.5) is 0 Å². The molecule has 0 saturated carbocycles. The lowest BCUT2D eigenvalue weighted by Gasteiger charge is -2.24. The second-order valence-electron chi connectivity index (χ2n) is 8.87. The molecule has 1 saturated heterocycles. The highest BCUT2D eigenvalue weighted by atomic mass is 16.5. The number of esters is 1. The summed E-state index contributed by atoms with van der Waals surface area (Å²) in [6.07, 6.45) is 2.97. The molecule has 178 valence electrons. The van der Waals surface area contributed by atoms with Crippen molar-refractivity contribution in [1.82, 2.24) is 25.2 Å². The molecule has 1 amide bonds. The van der Waals surface area contributed by atoms with Gasteiger partial charge in [0.15, 0.2) is 5.69 Å². The predicted octanol–water partition coefficient (Wildman–Crippen LogP) is 2.86. The molecule has 1 aromatic heterocycles. The van der Waals surface area contributed by atoms with E-state index in [0.717, 1.165) is 6.42 Å². The van der Waals surface area contributed by atoms with Crippen LogP contribution >= 0.6 is 0 Å². The first kappa shape index (κ1) is 23.6. The molecule has 34 heavy (non-hydrogen) atoms. The molecular weight excluding hydrogens is 430 g/mol. The quantitative estimate of drug-likeness (QED) is 0.519. The van der Waals surface area contributed by atoms with Crippen LogP contribution in [0.5, 0.6) is 0 Å². The molecule has 0 bridgehead atoms. The molecule has 3 aromatic rings. The molecule has 8 heteroatoms. The number of rotatable bonds is 8. The van der Waals surface area contributed by atoms with E-state index in [1.165, 1.54) is 29.4 Å². The van der Waals surface area contributed by atoms with Crippen LogP contribution in [0.2, 0.25) is 0 Å². The van der Waals surface area contributed by atoms with E-state index in [-0.39, 0.29) is 23.7 Å². The molecule has 1 fully saturated rings. The maximum atomic E-state index is 13.3. The third kappa shape index (κ3) is 5.51. The summed E-state index contributed by atoms with van der Waals surface area (Å²) in [6, 6.07) is 16.2. The lowest BCUT2D eigenvalue weighted by atomic mass is 10.0. The third-order valence-electron chi connectivity index (χ3n) is 6.40. The Balaban J connectivity index is 1.49. The van der Waals surface area contributed by atoms with E-state index in [0.29, 0.717) is 26.1 Å². The van der Waals surface area contributed by atoms with Crippen molar-refractivity contribution >= 4 is 11.9 Å². The van der Waals surface area contributed by atoms with Crippen molar-refractivity contribution in [3.8, 4) is 0 Å². The molecule has 4 rings (SSSR count). The predicted molar refractivity (Wildman–Crippen MR) is 128 cm³/mol. The zero-order valence-electron chi connectivity index (χ0n) is 19.9. The minimum absolute atomic E-state index is 0.0112. The Morgan fingerprint density at radius 3 is 2.71 bits per heavy atom. The van der Waals surface area contributed by atoms with Gasteiger partial charge in [-0.05, 0) is 43.4 Å². The van der Waals surface area contributed by atoms with Crippen molar-refractivity contribution in [2.24, 2.45) is 0 Å². The number of methoxy groups -OCH3 is 1. The van der Waals surface area contributed by atoms with E-state index in [4.69, 9.17) is 4.74 Å². The number of likely N-dealkylation sites (tertiary alicyclic amines) is 1. The van der Waals surface area contributed by atoms with Crippen molar-refractivity contribution in [2.45, 2.75) is 45.3 Å². The van der Waals surface area contributed by atoms with Gasteiger partial charge < -0.3 is 10.1 Å². The summed E-state index contributed by atoms with van der Waals surface area (Å²) < 4.78 is 6.43. The van der Waals surface area contributed by atoms with E-state index in [2.05, 4.69) is 64.7 Å². The Morgan fingerprint density at radius 2 is 1.94 bits per heavy atom. The first-order valence-corrected chi connectivity index (χ1v) is 11.6. The number of nitrogens with zero attached hydrogens (tertiary/aromatic N) is 4. The van der Waals surface area contributed by atoms with Crippen LogP contribution in [0.25, 0.3) is 0 Å². The van der Waals surface area contributed by atoms with Crippen molar-refractivity contribution in [1.29, 1.82) is 0 Å². The van der Waals surface area contributed by atoms with Crippen LogP contribution in [0.15, 0.2) is 54.7 Å². The Kier molecular flexibility index (Phi) is 7.37. The van der Waals surface area contributed by atoms with Crippen LogP contribution in [-0.2, 0) is 22.5 Å². The van der Waals surface area contributed by atoms with Crippen molar-refractivity contribution in [2.75, 3.05) is 20.2 Å². The van der Waals surface area contributed by atoms with Crippen LogP contribution in [0.1, 0.15) is 45.2 Å². The smallest absolute Gasteiger partial charge is 0.360 e. The third-order valence-corrected chi connectivity index (χ3v) is 6.40. The minimum Gasteiger partial charge on any atom is -0.464 e. The summed E-state index contributed by atoms with van der Waals surface area (Å²) in [5, 5.41) is 11.2. The highest BCUT2D eigenvalue weighted by Gasteiger charge is 2.38. The lowest BCUT2D eigenvalue weighted by Crippen LogP contribution is -2.43. The van der Waals surface area contributed by atoms with Crippen LogP contribution in [0.3, 0.4) is 0 Å². The number of amides is 1. The first-order chi connectivity index (χ1) is 16.4. The average Bonchev–Trinajstić information content (AvgIpc) is 3.49. The number of aryl methyl sites for hydroxylation is 2. The normalized spacial score (nSPS) is 18.1. The fourth-order valence-corrected chi connectivity index (χ4v) is 4.45. The molecule has 2 heterocycles. The van der Waals surface area contributed by atoms with Gasteiger partial charge >= 0.3 is 5.97 Å². The number of hydrogen-bond acceptors (Lipinski definition) is 6. The lowest BCUT2D eigenvalue weighted by molar-refractivity contribution is -0.125.